The SMILES string of the molecule is COC(=O)c1ccc(CC(CC(=O)O)C(=O)O)cc1. The molecule has 6 heteroatoms. The van der Waals surface area contributed by atoms with Gasteiger partial charge in [-0.05, 0) is 24.1 Å². The van der Waals surface area contributed by atoms with Crippen LogP contribution in [0.5, 0.6) is 0 Å². The lowest BCUT2D eigenvalue weighted by molar-refractivity contribution is -0.148. The summed E-state index contributed by atoms with van der Waals surface area (Å²) in [5.41, 5.74) is 1.01. The minimum atomic E-state index is -1.15. The van der Waals surface area contributed by atoms with Crippen molar-refractivity contribution in [1.82, 2.24) is 0 Å². The molecule has 1 rings (SSSR count). The number of carbonyl (C=O) groups is 3. The first-order valence-electron chi connectivity index (χ1n) is 5.56. The standard InChI is InChI=1S/C13H14O6/c1-19-13(18)9-4-2-8(3-5-9)6-10(12(16)17)7-11(14)15/h2-5,10H,6-7H2,1H3,(H,14,15)(H,16,17). The van der Waals surface area contributed by atoms with E-state index in [1.807, 2.05) is 0 Å². The first-order chi connectivity index (χ1) is 8.93. The maximum absolute atomic E-state index is 11.2. The van der Waals surface area contributed by atoms with Crippen LogP contribution in [0.4, 0.5) is 0 Å². The lowest BCUT2D eigenvalue weighted by Gasteiger charge is -2.10. The van der Waals surface area contributed by atoms with Gasteiger partial charge in [0.05, 0.1) is 25.0 Å². The van der Waals surface area contributed by atoms with Gasteiger partial charge in [-0.15, -0.1) is 0 Å². The summed E-state index contributed by atoms with van der Waals surface area (Å²) in [5, 5.41) is 17.6. The molecule has 1 atom stereocenters. The zero-order valence-corrected chi connectivity index (χ0v) is 10.3. The molecule has 2 N–H and O–H groups in total. The van der Waals surface area contributed by atoms with E-state index in [2.05, 4.69) is 4.74 Å². The average molecular weight is 266 g/mol. The molecule has 0 spiro atoms. The normalized spacial score (nSPS) is 11.6. The number of carboxylic acid groups (broad SMARTS) is 2. The van der Waals surface area contributed by atoms with E-state index in [0.29, 0.717) is 11.1 Å². The number of esters is 1. The van der Waals surface area contributed by atoms with E-state index in [1.54, 1.807) is 12.1 Å². The third kappa shape index (κ3) is 4.42. The van der Waals surface area contributed by atoms with Crippen molar-refractivity contribution >= 4 is 17.9 Å². The molecule has 19 heavy (non-hydrogen) atoms. The molecule has 0 saturated heterocycles. The largest absolute Gasteiger partial charge is 0.481 e. The Balaban J connectivity index is 2.77. The quantitative estimate of drug-likeness (QED) is 0.750. The predicted octanol–water partition coefficient (Wildman–Crippen LogP) is 1.19. The summed E-state index contributed by atoms with van der Waals surface area (Å²) in [5.74, 6) is -3.77. The van der Waals surface area contributed by atoms with Crippen LogP contribution < -0.4 is 0 Å². The van der Waals surface area contributed by atoms with Crippen LogP contribution in [0, 0.1) is 5.92 Å². The Morgan fingerprint density at radius 2 is 1.74 bits per heavy atom. The van der Waals surface area contributed by atoms with Crippen LogP contribution in [0.15, 0.2) is 24.3 Å². The summed E-state index contributed by atoms with van der Waals surface area (Å²) in [6, 6.07) is 6.20. The number of ether oxygens (including phenoxy) is 1. The third-order valence-corrected chi connectivity index (χ3v) is 2.63. The number of hydrogen-bond acceptors (Lipinski definition) is 4. The van der Waals surface area contributed by atoms with Gasteiger partial charge in [-0.25, -0.2) is 4.79 Å². The summed E-state index contributed by atoms with van der Waals surface area (Å²) in [6.07, 6.45) is -0.336. The van der Waals surface area contributed by atoms with E-state index >= 15 is 0 Å². The van der Waals surface area contributed by atoms with E-state index in [1.165, 1.54) is 19.2 Å². The summed E-state index contributed by atoms with van der Waals surface area (Å²) >= 11 is 0. The molecule has 1 unspecified atom stereocenters. The van der Waals surface area contributed by atoms with Gasteiger partial charge in [0, 0.05) is 0 Å². The molecule has 0 amide bonds. The Labute approximate surface area is 109 Å². The Morgan fingerprint density at radius 3 is 2.16 bits per heavy atom. The topological polar surface area (TPSA) is 101 Å². The van der Waals surface area contributed by atoms with Gasteiger partial charge in [0.15, 0.2) is 0 Å². The zero-order chi connectivity index (χ0) is 14.4. The van der Waals surface area contributed by atoms with E-state index in [-0.39, 0.29) is 6.42 Å². The Morgan fingerprint density at radius 1 is 1.16 bits per heavy atom. The van der Waals surface area contributed by atoms with Gasteiger partial charge >= 0.3 is 17.9 Å². The van der Waals surface area contributed by atoms with Gasteiger partial charge in [0.1, 0.15) is 0 Å². The summed E-state index contributed by atoms with van der Waals surface area (Å²) in [6.45, 7) is 0. The fraction of sp³-hybridized carbons (Fsp3) is 0.308. The number of carboxylic acids is 2. The van der Waals surface area contributed by atoms with Crippen molar-refractivity contribution in [2.75, 3.05) is 7.11 Å². The van der Waals surface area contributed by atoms with Crippen molar-refractivity contribution in [3.05, 3.63) is 35.4 Å². The minimum Gasteiger partial charge on any atom is -0.481 e. The number of aliphatic carboxylic acids is 2. The van der Waals surface area contributed by atoms with Crippen LogP contribution >= 0.6 is 0 Å². The monoisotopic (exact) mass is 266 g/mol. The van der Waals surface area contributed by atoms with Crippen molar-refractivity contribution < 1.29 is 29.3 Å². The molecule has 1 aromatic rings. The lowest BCUT2D eigenvalue weighted by atomic mass is 9.96. The van der Waals surface area contributed by atoms with E-state index in [0.717, 1.165) is 0 Å². The third-order valence-electron chi connectivity index (χ3n) is 2.63. The molecule has 0 bridgehead atoms. The molecule has 102 valence electrons. The Kier molecular flexibility index (Phi) is 5.05. The highest BCUT2D eigenvalue weighted by atomic mass is 16.5. The second-order valence-corrected chi connectivity index (χ2v) is 4.03. The predicted molar refractivity (Wildman–Crippen MR) is 64.9 cm³/mol. The van der Waals surface area contributed by atoms with Crippen molar-refractivity contribution in [3.63, 3.8) is 0 Å². The van der Waals surface area contributed by atoms with E-state index < -0.39 is 30.2 Å². The fourth-order valence-corrected chi connectivity index (χ4v) is 1.64. The second kappa shape index (κ2) is 6.53. The van der Waals surface area contributed by atoms with Gasteiger partial charge in [0.25, 0.3) is 0 Å². The molecule has 0 fully saturated rings. The zero-order valence-electron chi connectivity index (χ0n) is 10.3. The number of methoxy groups -OCH3 is 1. The van der Waals surface area contributed by atoms with Gasteiger partial charge in [0.2, 0.25) is 0 Å². The number of carbonyl (C=O) groups excluding carboxylic acids is 1. The first-order valence-corrected chi connectivity index (χ1v) is 5.56. The number of benzene rings is 1. The molecule has 0 aliphatic heterocycles. The Bertz CT molecular complexity index is 476. The highest BCUT2D eigenvalue weighted by Gasteiger charge is 2.21. The second-order valence-electron chi connectivity index (χ2n) is 4.03. The van der Waals surface area contributed by atoms with Crippen molar-refractivity contribution in [3.8, 4) is 0 Å². The molecular weight excluding hydrogens is 252 g/mol. The smallest absolute Gasteiger partial charge is 0.337 e. The average Bonchev–Trinajstić information content (AvgIpc) is 2.37. The van der Waals surface area contributed by atoms with E-state index in [9.17, 15) is 14.4 Å². The van der Waals surface area contributed by atoms with Crippen LogP contribution in [0.25, 0.3) is 0 Å². The highest BCUT2D eigenvalue weighted by Crippen LogP contribution is 2.14. The van der Waals surface area contributed by atoms with E-state index in [4.69, 9.17) is 10.2 Å². The van der Waals surface area contributed by atoms with Gasteiger partial charge in [-0.1, -0.05) is 12.1 Å². The van der Waals surface area contributed by atoms with Gasteiger partial charge in [-0.3, -0.25) is 9.59 Å². The lowest BCUT2D eigenvalue weighted by Crippen LogP contribution is -2.20. The fourth-order valence-electron chi connectivity index (χ4n) is 1.64. The van der Waals surface area contributed by atoms with Crippen molar-refractivity contribution in [2.45, 2.75) is 12.8 Å². The summed E-state index contributed by atoms with van der Waals surface area (Å²) < 4.78 is 4.54. The minimum absolute atomic E-state index is 0.100. The molecule has 0 aromatic heterocycles. The van der Waals surface area contributed by atoms with Crippen LogP contribution in [0.2, 0.25) is 0 Å². The van der Waals surface area contributed by atoms with Crippen molar-refractivity contribution in [2.24, 2.45) is 5.92 Å². The van der Waals surface area contributed by atoms with Crippen molar-refractivity contribution in [1.29, 1.82) is 0 Å². The van der Waals surface area contributed by atoms with Crippen LogP contribution in [0.1, 0.15) is 22.3 Å². The molecule has 6 nitrogen and oxygen atoms in total. The summed E-state index contributed by atoms with van der Waals surface area (Å²) in [7, 11) is 1.27. The molecule has 0 saturated carbocycles. The number of rotatable bonds is 6. The molecule has 0 aliphatic carbocycles. The van der Waals surface area contributed by atoms with Gasteiger partial charge < -0.3 is 14.9 Å². The molecule has 0 radical (unpaired) electrons. The van der Waals surface area contributed by atoms with Crippen LogP contribution in [0.3, 0.4) is 0 Å². The molecule has 0 aliphatic rings. The van der Waals surface area contributed by atoms with Gasteiger partial charge in [-0.2, -0.15) is 0 Å². The van der Waals surface area contributed by atoms with Crippen LogP contribution in [-0.2, 0) is 20.7 Å². The maximum Gasteiger partial charge on any atom is 0.337 e. The number of hydrogen-bond donors (Lipinski definition) is 2. The molecule has 1 aromatic carbocycles. The molecule has 0 heterocycles. The maximum atomic E-state index is 11.2. The summed E-state index contributed by atoms with van der Waals surface area (Å²) in [4.78, 5) is 32.7. The molecular formula is C13H14O6. The highest BCUT2D eigenvalue weighted by molar-refractivity contribution is 5.89. The first kappa shape index (κ1) is 14.7. The van der Waals surface area contributed by atoms with Crippen LogP contribution in [-0.4, -0.2) is 35.2 Å². The Hall–Kier alpha value is -2.37.